The summed E-state index contributed by atoms with van der Waals surface area (Å²) in [5, 5.41) is 0. The van der Waals surface area contributed by atoms with E-state index in [1.165, 1.54) is 35.9 Å². The van der Waals surface area contributed by atoms with E-state index in [-0.39, 0.29) is 28.6 Å². The number of carbonyl (C=O) groups is 1. The van der Waals surface area contributed by atoms with Crippen molar-refractivity contribution >= 4 is 11.6 Å². The first-order chi connectivity index (χ1) is 9.88. The van der Waals surface area contributed by atoms with Gasteiger partial charge in [0.05, 0.1) is 5.56 Å². The lowest BCUT2D eigenvalue weighted by Gasteiger charge is -2.08. The lowest BCUT2D eigenvalue weighted by molar-refractivity contribution is -0.137. The van der Waals surface area contributed by atoms with Gasteiger partial charge in [-0.2, -0.15) is 18.2 Å². The van der Waals surface area contributed by atoms with Gasteiger partial charge in [0.1, 0.15) is 17.7 Å². The van der Waals surface area contributed by atoms with Crippen molar-refractivity contribution in [2.24, 2.45) is 0 Å². The minimum Gasteiger partial charge on any atom is -0.432 e. The van der Waals surface area contributed by atoms with E-state index in [0.29, 0.717) is 0 Å². The van der Waals surface area contributed by atoms with E-state index in [2.05, 4.69) is 4.98 Å². The summed E-state index contributed by atoms with van der Waals surface area (Å²) in [7, 11) is 0. The van der Waals surface area contributed by atoms with E-state index < -0.39 is 11.7 Å². The van der Waals surface area contributed by atoms with Crippen LogP contribution in [-0.2, 0) is 6.18 Å². The van der Waals surface area contributed by atoms with Crippen LogP contribution in [0.5, 0.6) is 0 Å². The van der Waals surface area contributed by atoms with Crippen molar-refractivity contribution in [1.82, 2.24) is 9.38 Å². The molecule has 0 aliphatic heterocycles. The van der Waals surface area contributed by atoms with Gasteiger partial charge in [0.25, 0.3) is 0 Å². The number of ketones is 1. The summed E-state index contributed by atoms with van der Waals surface area (Å²) in [6, 6.07) is 4.69. The third-order valence-electron chi connectivity index (χ3n) is 3.06. The molecule has 0 unspecified atom stereocenters. The van der Waals surface area contributed by atoms with E-state index in [4.69, 9.17) is 4.42 Å². The average Bonchev–Trinajstić information content (AvgIpc) is 2.97. The van der Waals surface area contributed by atoms with Crippen LogP contribution in [-0.4, -0.2) is 15.2 Å². The maximum Gasteiger partial charge on any atom is 0.416 e. The van der Waals surface area contributed by atoms with Crippen molar-refractivity contribution < 1.29 is 22.4 Å². The summed E-state index contributed by atoms with van der Waals surface area (Å²) >= 11 is 0. The summed E-state index contributed by atoms with van der Waals surface area (Å²) in [4.78, 5) is 15.9. The minimum atomic E-state index is -4.45. The van der Waals surface area contributed by atoms with E-state index in [9.17, 15) is 18.0 Å². The molecule has 0 bridgehead atoms. The maximum atomic E-state index is 12.8. The number of benzene rings is 1. The summed E-state index contributed by atoms with van der Waals surface area (Å²) in [6.45, 7) is 1.33. The fourth-order valence-electron chi connectivity index (χ4n) is 2.17. The third-order valence-corrected chi connectivity index (χ3v) is 3.06. The molecule has 0 aliphatic carbocycles. The molecule has 0 aliphatic rings. The molecule has 0 saturated carbocycles. The number of hydrogen-bond donors (Lipinski definition) is 0. The van der Waals surface area contributed by atoms with Crippen molar-refractivity contribution in [3.05, 3.63) is 48.0 Å². The topological polar surface area (TPSA) is 47.5 Å². The number of Topliss-reactive ketones (excluding diaryl/α,β-unsaturated/α-hetero) is 1. The number of aromatic nitrogens is 2. The zero-order valence-corrected chi connectivity index (χ0v) is 10.8. The third kappa shape index (κ3) is 2.20. The Kier molecular flexibility index (Phi) is 2.86. The quantitative estimate of drug-likeness (QED) is 0.675. The molecule has 7 heteroatoms. The molecule has 0 fully saturated rings. The van der Waals surface area contributed by atoms with Crippen LogP contribution in [0.2, 0.25) is 0 Å². The number of alkyl halides is 3. The summed E-state index contributed by atoms with van der Waals surface area (Å²) < 4.78 is 44.8. The van der Waals surface area contributed by atoms with Gasteiger partial charge in [-0.15, -0.1) is 0 Å². The highest BCUT2D eigenvalue weighted by atomic mass is 19.4. The molecule has 21 heavy (non-hydrogen) atoms. The highest BCUT2D eigenvalue weighted by molar-refractivity contribution is 5.99. The molecule has 1 aromatic carbocycles. The van der Waals surface area contributed by atoms with Crippen LogP contribution >= 0.6 is 0 Å². The highest BCUT2D eigenvalue weighted by Gasteiger charge is 2.31. The Labute approximate surface area is 116 Å². The Bertz CT molecular complexity index is 830. The van der Waals surface area contributed by atoms with Gasteiger partial charge in [0.2, 0.25) is 0 Å². The van der Waals surface area contributed by atoms with Gasteiger partial charge in [-0.1, -0.05) is 12.1 Å². The molecule has 0 spiro atoms. The van der Waals surface area contributed by atoms with Crippen molar-refractivity contribution in [3.8, 4) is 11.3 Å². The summed E-state index contributed by atoms with van der Waals surface area (Å²) in [5.41, 5.74) is -0.209. The van der Waals surface area contributed by atoms with Gasteiger partial charge in [0.15, 0.2) is 5.78 Å². The first kappa shape index (κ1) is 13.4. The average molecular weight is 294 g/mol. The molecule has 0 radical (unpaired) electrons. The molecule has 2 heterocycles. The molecule has 0 atom stereocenters. The molecule has 0 saturated heterocycles. The second-order valence-corrected chi connectivity index (χ2v) is 4.50. The second-order valence-electron chi connectivity index (χ2n) is 4.50. The number of carbonyl (C=O) groups excluding carboxylic acids is 1. The van der Waals surface area contributed by atoms with E-state index >= 15 is 0 Å². The zero-order valence-electron chi connectivity index (χ0n) is 10.8. The lowest BCUT2D eigenvalue weighted by atomic mass is 10.1. The molecular formula is C14H9F3N2O2. The molecule has 2 aromatic heterocycles. The molecule has 0 amide bonds. The Balaban J connectivity index is 2.23. The number of oxazole rings is 1. The Morgan fingerprint density at radius 2 is 2.10 bits per heavy atom. The van der Waals surface area contributed by atoms with Crippen LogP contribution in [0.1, 0.15) is 23.0 Å². The van der Waals surface area contributed by atoms with Crippen molar-refractivity contribution in [3.63, 3.8) is 0 Å². The van der Waals surface area contributed by atoms with Gasteiger partial charge in [0, 0.05) is 18.7 Å². The fourth-order valence-corrected chi connectivity index (χ4v) is 2.17. The Hall–Kier alpha value is -2.57. The number of fused-ring (bicyclic) bond motifs is 1. The SMILES string of the molecule is CC(=O)c1c(-c2cccc(C(F)(F)F)c2)nc2occn12. The largest absolute Gasteiger partial charge is 0.432 e. The molecule has 4 nitrogen and oxygen atoms in total. The minimum absolute atomic E-state index is 0.160. The number of halogens is 3. The Morgan fingerprint density at radius 3 is 2.76 bits per heavy atom. The standard InChI is InChI=1S/C14H9F3N2O2/c1-8(20)12-11(18-13-19(12)5-6-21-13)9-3-2-4-10(7-9)14(15,16)17/h2-7H,1H3. The highest BCUT2D eigenvalue weighted by Crippen LogP contribution is 2.33. The first-order valence-electron chi connectivity index (χ1n) is 6.02. The molecule has 3 rings (SSSR count). The van der Waals surface area contributed by atoms with E-state index in [1.54, 1.807) is 0 Å². The number of imidazole rings is 1. The van der Waals surface area contributed by atoms with Crippen LogP contribution in [0.15, 0.2) is 41.1 Å². The van der Waals surface area contributed by atoms with E-state index in [0.717, 1.165) is 12.1 Å². The molecule has 3 aromatic rings. The maximum absolute atomic E-state index is 12.8. The number of rotatable bonds is 2. The van der Waals surface area contributed by atoms with Crippen molar-refractivity contribution in [1.29, 1.82) is 0 Å². The van der Waals surface area contributed by atoms with Crippen molar-refractivity contribution in [2.75, 3.05) is 0 Å². The van der Waals surface area contributed by atoms with Crippen LogP contribution < -0.4 is 0 Å². The predicted octanol–water partition coefficient (Wildman–Crippen LogP) is 3.82. The molecule has 0 N–H and O–H groups in total. The van der Waals surface area contributed by atoms with Gasteiger partial charge in [-0.3, -0.25) is 9.20 Å². The van der Waals surface area contributed by atoms with Gasteiger partial charge in [-0.05, 0) is 12.1 Å². The normalized spacial score (nSPS) is 12.0. The van der Waals surface area contributed by atoms with Gasteiger partial charge < -0.3 is 4.42 Å². The van der Waals surface area contributed by atoms with Crippen LogP contribution in [0.25, 0.3) is 17.1 Å². The van der Waals surface area contributed by atoms with Crippen LogP contribution in [0.3, 0.4) is 0 Å². The zero-order chi connectivity index (χ0) is 15.2. The smallest absolute Gasteiger partial charge is 0.416 e. The van der Waals surface area contributed by atoms with Crippen molar-refractivity contribution in [2.45, 2.75) is 13.1 Å². The van der Waals surface area contributed by atoms with E-state index in [1.807, 2.05) is 0 Å². The van der Waals surface area contributed by atoms with Crippen LogP contribution in [0, 0.1) is 0 Å². The second kappa shape index (κ2) is 4.47. The number of hydrogen-bond acceptors (Lipinski definition) is 3. The predicted molar refractivity (Wildman–Crippen MR) is 67.9 cm³/mol. The van der Waals surface area contributed by atoms with Crippen LogP contribution in [0.4, 0.5) is 13.2 Å². The fraction of sp³-hybridized carbons (Fsp3) is 0.143. The van der Waals surface area contributed by atoms with Gasteiger partial charge >= 0.3 is 12.0 Å². The number of nitrogens with zero attached hydrogens (tertiary/aromatic N) is 2. The summed E-state index contributed by atoms with van der Waals surface area (Å²) in [5.74, 6) is -0.149. The first-order valence-corrected chi connectivity index (χ1v) is 6.02. The summed E-state index contributed by atoms with van der Waals surface area (Å²) in [6.07, 6.45) is -1.61. The lowest BCUT2D eigenvalue weighted by Crippen LogP contribution is -2.05. The molecule has 108 valence electrons. The Morgan fingerprint density at radius 1 is 1.33 bits per heavy atom. The molecular weight excluding hydrogens is 285 g/mol. The van der Waals surface area contributed by atoms with Gasteiger partial charge in [-0.25, -0.2) is 0 Å². The monoisotopic (exact) mass is 294 g/mol.